The van der Waals surface area contributed by atoms with Crippen molar-refractivity contribution in [1.29, 1.82) is 0 Å². The lowest BCUT2D eigenvalue weighted by molar-refractivity contribution is -0.143. The molecule has 0 aromatic heterocycles. The van der Waals surface area contributed by atoms with E-state index in [0.717, 1.165) is 23.4 Å². The molecule has 1 saturated carbocycles. The molecule has 0 bridgehead atoms. The van der Waals surface area contributed by atoms with E-state index >= 15 is 0 Å². The molecular weight excluding hydrogens is 270 g/mol. The Morgan fingerprint density at radius 1 is 1.50 bits per heavy atom. The van der Waals surface area contributed by atoms with Crippen molar-refractivity contribution in [3.8, 4) is 0 Å². The molecule has 0 amide bonds. The SMILES string of the molecule is NC(CSCc1ccccc1Cl)(C(=O)O)C1CC1. The van der Waals surface area contributed by atoms with Gasteiger partial charge in [0.25, 0.3) is 0 Å². The summed E-state index contributed by atoms with van der Waals surface area (Å²) in [5, 5.41) is 9.95. The predicted octanol–water partition coefficient (Wildman–Crippen LogP) is 2.77. The van der Waals surface area contributed by atoms with Gasteiger partial charge >= 0.3 is 5.97 Å². The van der Waals surface area contributed by atoms with Crippen LogP contribution < -0.4 is 5.73 Å². The van der Waals surface area contributed by atoms with Crippen molar-refractivity contribution in [2.24, 2.45) is 11.7 Å². The lowest BCUT2D eigenvalue weighted by atomic mass is 9.98. The Kier molecular flexibility index (Phi) is 4.20. The zero-order valence-corrected chi connectivity index (χ0v) is 11.5. The standard InChI is InChI=1S/C13H16ClNO2S/c14-11-4-2-1-3-9(11)7-18-8-13(15,12(16)17)10-5-6-10/h1-4,10H,5-8,15H2,(H,16,17). The van der Waals surface area contributed by atoms with E-state index in [0.29, 0.717) is 11.5 Å². The number of hydrogen-bond acceptors (Lipinski definition) is 3. The Labute approximate surface area is 116 Å². The van der Waals surface area contributed by atoms with Gasteiger partial charge in [0.05, 0.1) is 0 Å². The maximum absolute atomic E-state index is 11.2. The molecule has 2 rings (SSSR count). The molecule has 18 heavy (non-hydrogen) atoms. The largest absolute Gasteiger partial charge is 0.480 e. The smallest absolute Gasteiger partial charge is 0.324 e. The van der Waals surface area contributed by atoms with Gasteiger partial charge < -0.3 is 10.8 Å². The fraction of sp³-hybridized carbons (Fsp3) is 0.462. The van der Waals surface area contributed by atoms with Crippen molar-refractivity contribution in [1.82, 2.24) is 0 Å². The van der Waals surface area contributed by atoms with E-state index in [1.165, 1.54) is 11.8 Å². The number of carboxylic acid groups (broad SMARTS) is 1. The molecule has 1 aliphatic rings. The van der Waals surface area contributed by atoms with Crippen LogP contribution in [0.2, 0.25) is 5.02 Å². The molecule has 1 aromatic rings. The first-order chi connectivity index (χ1) is 8.54. The van der Waals surface area contributed by atoms with Gasteiger partial charge in [0, 0.05) is 16.5 Å². The number of aliphatic carboxylic acids is 1. The van der Waals surface area contributed by atoms with E-state index in [9.17, 15) is 9.90 Å². The molecule has 98 valence electrons. The topological polar surface area (TPSA) is 63.3 Å². The second-order valence-corrected chi connectivity index (χ2v) is 6.10. The third-order valence-corrected chi connectivity index (χ3v) is 4.83. The van der Waals surface area contributed by atoms with Gasteiger partial charge in [-0.3, -0.25) is 4.79 Å². The molecule has 3 N–H and O–H groups in total. The van der Waals surface area contributed by atoms with Gasteiger partial charge in [0.2, 0.25) is 0 Å². The molecule has 1 fully saturated rings. The van der Waals surface area contributed by atoms with Crippen LogP contribution >= 0.6 is 23.4 Å². The maximum atomic E-state index is 11.2. The minimum Gasteiger partial charge on any atom is -0.480 e. The molecule has 1 unspecified atom stereocenters. The number of rotatable bonds is 6. The van der Waals surface area contributed by atoms with Gasteiger partial charge in [0.15, 0.2) is 0 Å². The second-order valence-electron chi connectivity index (χ2n) is 4.70. The number of halogens is 1. The first kappa shape index (κ1) is 13.7. The highest BCUT2D eigenvalue weighted by molar-refractivity contribution is 7.98. The fourth-order valence-electron chi connectivity index (χ4n) is 1.90. The van der Waals surface area contributed by atoms with Crippen LogP contribution in [-0.4, -0.2) is 22.4 Å². The molecule has 1 atom stereocenters. The number of thioether (sulfide) groups is 1. The summed E-state index contributed by atoms with van der Waals surface area (Å²) in [7, 11) is 0. The number of nitrogens with two attached hydrogens (primary N) is 1. The molecule has 5 heteroatoms. The van der Waals surface area contributed by atoms with E-state index in [1.807, 2.05) is 24.3 Å². The third kappa shape index (κ3) is 2.99. The number of carbonyl (C=O) groups is 1. The van der Waals surface area contributed by atoms with Crippen LogP contribution in [-0.2, 0) is 10.5 Å². The van der Waals surface area contributed by atoms with Gasteiger partial charge in [0.1, 0.15) is 5.54 Å². The monoisotopic (exact) mass is 285 g/mol. The molecule has 0 radical (unpaired) electrons. The summed E-state index contributed by atoms with van der Waals surface area (Å²) in [6.45, 7) is 0. The molecule has 1 aromatic carbocycles. The lowest BCUT2D eigenvalue weighted by Gasteiger charge is -2.24. The zero-order valence-electron chi connectivity index (χ0n) is 9.93. The predicted molar refractivity (Wildman–Crippen MR) is 74.9 cm³/mol. The number of benzene rings is 1. The van der Waals surface area contributed by atoms with Crippen molar-refractivity contribution < 1.29 is 9.90 Å². The normalized spacial score (nSPS) is 18.3. The molecular formula is C13H16ClNO2S. The van der Waals surface area contributed by atoms with Crippen molar-refractivity contribution in [3.05, 3.63) is 34.9 Å². The van der Waals surface area contributed by atoms with E-state index < -0.39 is 11.5 Å². The summed E-state index contributed by atoms with van der Waals surface area (Å²) < 4.78 is 0. The Bertz CT molecular complexity index is 450. The van der Waals surface area contributed by atoms with Gasteiger partial charge in [-0.25, -0.2) is 0 Å². The van der Waals surface area contributed by atoms with Crippen LogP contribution in [0.25, 0.3) is 0 Å². The highest BCUT2D eigenvalue weighted by Crippen LogP contribution is 2.40. The van der Waals surface area contributed by atoms with Crippen molar-refractivity contribution in [2.45, 2.75) is 24.1 Å². The Hall–Kier alpha value is -0.710. The Morgan fingerprint density at radius 3 is 2.72 bits per heavy atom. The van der Waals surface area contributed by atoms with E-state index in [2.05, 4.69) is 0 Å². The summed E-state index contributed by atoms with van der Waals surface area (Å²) in [5.74, 6) is 0.363. The molecule has 3 nitrogen and oxygen atoms in total. The zero-order chi connectivity index (χ0) is 13.2. The highest BCUT2D eigenvalue weighted by atomic mass is 35.5. The summed E-state index contributed by atoms with van der Waals surface area (Å²) >= 11 is 7.58. The number of hydrogen-bond donors (Lipinski definition) is 2. The lowest BCUT2D eigenvalue weighted by Crippen LogP contribution is -2.52. The van der Waals surface area contributed by atoms with E-state index in [1.54, 1.807) is 0 Å². The van der Waals surface area contributed by atoms with Gasteiger partial charge in [-0.05, 0) is 30.4 Å². The van der Waals surface area contributed by atoms with Crippen LogP contribution in [0.4, 0.5) is 0 Å². The molecule has 0 spiro atoms. The van der Waals surface area contributed by atoms with Crippen LogP contribution in [0.1, 0.15) is 18.4 Å². The summed E-state index contributed by atoms with van der Waals surface area (Å²) in [4.78, 5) is 11.2. The van der Waals surface area contributed by atoms with Crippen LogP contribution in [0.3, 0.4) is 0 Å². The van der Waals surface area contributed by atoms with Crippen LogP contribution in [0, 0.1) is 5.92 Å². The minimum atomic E-state index is -1.08. The summed E-state index contributed by atoms with van der Waals surface area (Å²) in [5.41, 5.74) is 5.94. The third-order valence-electron chi connectivity index (χ3n) is 3.26. The van der Waals surface area contributed by atoms with E-state index in [4.69, 9.17) is 17.3 Å². The second kappa shape index (κ2) is 5.51. The van der Waals surface area contributed by atoms with Gasteiger partial charge in [-0.1, -0.05) is 29.8 Å². The summed E-state index contributed by atoms with van der Waals surface area (Å²) in [6.07, 6.45) is 1.85. The van der Waals surface area contributed by atoms with E-state index in [-0.39, 0.29) is 5.92 Å². The first-order valence-corrected chi connectivity index (χ1v) is 7.41. The average Bonchev–Trinajstić information content (AvgIpc) is 3.15. The molecule has 0 aliphatic heterocycles. The quantitative estimate of drug-likeness (QED) is 0.844. The Morgan fingerprint density at radius 2 is 2.17 bits per heavy atom. The first-order valence-electron chi connectivity index (χ1n) is 5.87. The van der Waals surface area contributed by atoms with Crippen molar-refractivity contribution >= 4 is 29.3 Å². The number of carboxylic acids is 1. The Balaban J connectivity index is 1.91. The molecule has 1 aliphatic carbocycles. The van der Waals surface area contributed by atoms with Crippen LogP contribution in [0.5, 0.6) is 0 Å². The molecule has 0 saturated heterocycles. The summed E-state index contributed by atoms with van der Waals surface area (Å²) in [6, 6.07) is 7.59. The van der Waals surface area contributed by atoms with Crippen molar-refractivity contribution in [3.63, 3.8) is 0 Å². The maximum Gasteiger partial charge on any atom is 0.324 e. The minimum absolute atomic E-state index is 0.133. The van der Waals surface area contributed by atoms with Gasteiger partial charge in [-0.15, -0.1) is 0 Å². The highest BCUT2D eigenvalue weighted by Gasteiger charge is 2.47. The fourth-order valence-corrected chi connectivity index (χ4v) is 3.45. The van der Waals surface area contributed by atoms with Gasteiger partial charge in [-0.2, -0.15) is 11.8 Å². The van der Waals surface area contributed by atoms with Crippen LogP contribution in [0.15, 0.2) is 24.3 Å². The average molecular weight is 286 g/mol. The van der Waals surface area contributed by atoms with Crippen molar-refractivity contribution in [2.75, 3.05) is 5.75 Å². The molecule has 0 heterocycles.